The van der Waals surface area contributed by atoms with Gasteiger partial charge in [-0.25, -0.2) is 0 Å². The maximum Gasteiger partial charge on any atom is -0.000473 e. The Kier molecular flexibility index (Phi) is 11.6. The first-order valence-corrected chi connectivity index (χ1v) is 9.56. The van der Waals surface area contributed by atoms with E-state index in [2.05, 4.69) is 52.9 Å². The standard InChI is InChI=1S/C18H29I/c19-17-13-8-6-4-2-1-3-5-7-10-14-18-15-11-9-12-16-18/h9,11-12,15-16H,1-8,10,13-14,17H2. The number of hydrogen-bond donors (Lipinski definition) is 0. The molecule has 1 rings (SSSR count). The van der Waals surface area contributed by atoms with Gasteiger partial charge in [0, 0.05) is 0 Å². The molecular weight excluding hydrogens is 343 g/mol. The van der Waals surface area contributed by atoms with Crippen molar-refractivity contribution in [3.8, 4) is 0 Å². The summed E-state index contributed by atoms with van der Waals surface area (Å²) >= 11 is 2.48. The minimum atomic E-state index is 1.26. The summed E-state index contributed by atoms with van der Waals surface area (Å²) in [6.07, 6.45) is 15.6. The molecule has 0 aromatic heterocycles. The molecule has 1 aromatic rings. The second-order valence-electron chi connectivity index (χ2n) is 5.46. The van der Waals surface area contributed by atoms with Crippen LogP contribution in [0.2, 0.25) is 0 Å². The van der Waals surface area contributed by atoms with E-state index in [0.717, 1.165) is 0 Å². The van der Waals surface area contributed by atoms with Gasteiger partial charge in [-0.15, -0.1) is 0 Å². The smallest absolute Gasteiger partial charge is 0.000473 e. The molecule has 0 saturated heterocycles. The first-order chi connectivity index (χ1) is 9.43. The first kappa shape index (κ1) is 17.0. The van der Waals surface area contributed by atoms with Crippen molar-refractivity contribution in [2.45, 2.75) is 70.6 Å². The lowest BCUT2D eigenvalue weighted by atomic mass is 10.0. The average Bonchev–Trinajstić information content (AvgIpc) is 2.46. The highest BCUT2D eigenvalue weighted by molar-refractivity contribution is 14.1. The van der Waals surface area contributed by atoms with Crippen LogP contribution in [0.25, 0.3) is 0 Å². The average molecular weight is 372 g/mol. The zero-order valence-corrected chi connectivity index (χ0v) is 14.4. The van der Waals surface area contributed by atoms with Gasteiger partial charge in [0.25, 0.3) is 0 Å². The summed E-state index contributed by atoms with van der Waals surface area (Å²) in [4.78, 5) is 0. The quantitative estimate of drug-likeness (QED) is 0.221. The monoisotopic (exact) mass is 372 g/mol. The molecule has 0 heterocycles. The Balaban J connectivity index is 1.79. The molecule has 0 amide bonds. The maximum atomic E-state index is 2.48. The molecule has 0 radical (unpaired) electrons. The van der Waals surface area contributed by atoms with Crippen molar-refractivity contribution in [2.24, 2.45) is 0 Å². The van der Waals surface area contributed by atoms with E-state index in [1.807, 2.05) is 0 Å². The van der Waals surface area contributed by atoms with E-state index >= 15 is 0 Å². The summed E-state index contributed by atoms with van der Waals surface area (Å²) in [5.74, 6) is 0. The largest absolute Gasteiger partial charge is 0.0864 e. The van der Waals surface area contributed by atoms with E-state index in [9.17, 15) is 0 Å². The van der Waals surface area contributed by atoms with Crippen LogP contribution in [0.4, 0.5) is 0 Å². The molecule has 0 saturated carbocycles. The summed E-state index contributed by atoms with van der Waals surface area (Å²) in [5, 5.41) is 0. The van der Waals surface area contributed by atoms with Crippen molar-refractivity contribution in [2.75, 3.05) is 4.43 Å². The Morgan fingerprint density at radius 3 is 1.58 bits per heavy atom. The van der Waals surface area contributed by atoms with E-state index in [4.69, 9.17) is 0 Å². The van der Waals surface area contributed by atoms with Crippen LogP contribution < -0.4 is 0 Å². The molecule has 1 aromatic carbocycles. The summed E-state index contributed by atoms with van der Waals surface area (Å²) in [5.41, 5.74) is 1.50. The molecule has 1 heteroatoms. The van der Waals surface area contributed by atoms with Gasteiger partial charge in [-0.05, 0) is 29.3 Å². The second kappa shape index (κ2) is 13.0. The molecule has 0 fully saturated rings. The number of alkyl halides is 1. The van der Waals surface area contributed by atoms with Crippen LogP contribution in [0.3, 0.4) is 0 Å². The highest BCUT2D eigenvalue weighted by Crippen LogP contribution is 2.12. The molecule has 0 aliphatic carbocycles. The number of benzene rings is 1. The minimum absolute atomic E-state index is 1.26. The van der Waals surface area contributed by atoms with Crippen molar-refractivity contribution in [3.63, 3.8) is 0 Å². The second-order valence-corrected chi connectivity index (χ2v) is 6.54. The molecule has 0 spiro atoms. The molecule has 0 aliphatic rings. The van der Waals surface area contributed by atoms with Crippen molar-refractivity contribution < 1.29 is 0 Å². The molecular formula is C18H29I. The van der Waals surface area contributed by atoms with Crippen LogP contribution in [-0.2, 0) is 6.42 Å². The van der Waals surface area contributed by atoms with Crippen molar-refractivity contribution in [1.29, 1.82) is 0 Å². The van der Waals surface area contributed by atoms with Crippen LogP contribution >= 0.6 is 22.6 Å². The Hall–Kier alpha value is -0.0500. The van der Waals surface area contributed by atoms with Gasteiger partial charge in [-0.2, -0.15) is 0 Å². The van der Waals surface area contributed by atoms with Crippen LogP contribution in [0.5, 0.6) is 0 Å². The summed E-state index contributed by atoms with van der Waals surface area (Å²) < 4.78 is 1.33. The molecule has 108 valence electrons. The van der Waals surface area contributed by atoms with Gasteiger partial charge in [-0.3, -0.25) is 0 Å². The Labute approximate surface area is 133 Å². The molecule has 0 atom stereocenters. The van der Waals surface area contributed by atoms with E-state index < -0.39 is 0 Å². The molecule has 19 heavy (non-hydrogen) atoms. The lowest BCUT2D eigenvalue weighted by Crippen LogP contribution is -1.86. The van der Waals surface area contributed by atoms with E-state index in [-0.39, 0.29) is 0 Å². The third-order valence-corrected chi connectivity index (χ3v) is 4.45. The zero-order valence-electron chi connectivity index (χ0n) is 12.2. The third kappa shape index (κ3) is 10.4. The van der Waals surface area contributed by atoms with Crippen molar-refractivity contribution in [1.82, 2.24) is 0 Å². The molecule has 0 unspecified atom stereocenters. The lowest BCUT2D eigenvalue weighted by molar-refractivity contribution is 0.557. The van der Waals surface area contributed by atoms with E-state index in [1.165, 1.54) is 80.6 Å². The number of halogens is 1. The van der Waals surface area contributed by atoms with Gasteiger partial charge >= 0.3 is 0 Å². The van der Waals surface area contributed by atoms with Crippen molar-refractivity contribution in [3.05, 3.63) is 35.9 Å². The third-order valence-electron chi connectivity index (χ3n) is 3.69. The number of hydrogen-bond acceptors (Lipinski definition) is 0. The van der Waals surface area contributed by atoms with Gasteiger partial charge in [0.2, 0.25) is 0 Å². The Morgan fingerprint density at radius 1 is 0.579 bits per heavy atom. The highest BCUT2D eigenvalue weighted by Gasteiger charge is 1.94. The fourth-order valence-electron chi connectivity index (χ4n) is 2.48. The topological polar surface area (TPSA) is 0 Å². The van der Waals surface area contributed by atoms with Gasteiger partial charge in [-0.1, -0.05) is 104 Å². The Bertz CT molecular complexity index is 281. The molecule has 0 N–H and O–H groups in total. The minimum Gasteiger partial charge on any atom is -0.0864 e. The lowest BCUT2D eigenvalue weighted by Gasteiger charge is -2.03. The number of unbranched alkanes of at least 4 members (excludes halogenated alkanes) is 9. The normalized spacial score (nSPS) is 10.8. The fraction of sp³-hybridized carbons (Fsp3) is 0.667. The predicted octanol–water partition coefficient (Wildman–Crippen LogP) is 6.57. The van der Waals surface area contributed by atoms with Crippen LogP contribution in [0.15, 0.2) is 30.3 Å². The highest BCUT2D eigenvalue weighted by atomic mass is 127. The first-order valence-electron chi connectivity index (χ1n) is 8.03. The summed E-state index contributed by atoms with van der Waals surface area (Å²) in [6.45, 7) is 0. The maximum absolute atomic E-state index is 2.48. The van der Waals surface area contributed by atoms with Crippen LogP contribution in [-0.4, -0.2) is 4.43 Å². The van der Waals surface area contributed by atoms with Crippen molar-refractivity contribution >= 4 is 22.6 Å². The van der Waals surface area contributed by atoms with Crippen LogP contribution in [0, 0.1) is 0 Å². The summed E-state index contributed by atoms with van der Waals surface area (Å²) in [6, 6.07) is 10.9. The molecule has 0 aliphatic heterocycles. The molecule has 0 bridgehead atoms. The molecule has 0 nitrogen and oxygen atoms in total. The zero-order chi connectivity index (χ0) is 13.6. The van der Waals surface area contributed by atoms with Gasteiger partial charge < -0.3 is 0 Å². The van der Waals surface area contributed by atoms with Crippen LogP contribution in [0.1, 0.15) is 69.8 Å². The fourth-order valence-corrected chi connectivity index (χ4v) is 3.02. The predicted molar refractivity (Wildman–Crippen MR) is 95.2 cm³/mol. The van der Waals surface area contributed by atoms with Gasteiger partial charge in [0.1, 0.15) is 0 Å². The number of aryl methyl sites for hydroxylation is 1. The Morgan fingerprint density at radius 2 is 1.05 bits per heavy atom. The van der Waals surface area contributed by atoms with Gasteiger partial charge in [0.05, 0.1) is 0 Å². The van der Waals surface area contributed by atoms with Gasteiger partial charge in [0.15, 0.2) is 0 Å². The summed E-state index contributed by atoms with van der Waals surface area (Å²) in [7, 11) is 0. The van der Waals surface area contributed by atoms with E-state index in [1.54, 1.807) is 0 Å². The number of rotatable bonds is 12. The van der Waals surface area contributed by atoms with E-state index in [0.29, 0.717) is 0 Å². The SMILES string of the molecule is ICCCCCCCCCCCCc1ccccc1.